The van der Waals surface area contributed by atoms with E-state index < -0.39 is 11.9 Å². The fraction of sp³-hybridized carbons (Fsp3) is 0.227. The summed E-state index contributed by atoms with van der Waals surface area (Å²) in [5.41, 5.74) is 8.43. The Morgan fingerprint density at radius 2 is 1.93 bits per heavy atom. The molecule has 1 unspecified atom stereocenters. The Bertz CT molecular complexity index is 1120. The van der Waals surface area contributed by atoms with Crippen LogP contribution in [0.4, 0.5) is 5.95 Å². The second-order valence-corrected chi connectivity index (χ2v) is 6.84. The molecule has 0 saturated carbocycles. The molecular formula is C22H23N5O3. The van der Waals surface area contributed by atoms with E-state index in [1.807, 2.05) is 62.4 Å². The van der Waals surface area contributed by atoms with Gasteiger partial charge in [0.15, 0.2) is 5.82 Å². The smallest absolute Gasteiger partial charge is 0.248 e. The molecule has 1 amide bonds. The number of hydrogen-bond acceptors (Lipinski definition) is 6. The Hall–Kier alpha value is -3.81. The number of fused-ring (bicyclic) bond motifs is 1. The van der Waals surface area contributed by atoms with E-state index >= 15 is 0 Å². The zero-order valence-electron chi connectivity index (χ0n) is 17.0. The van der Waals surface area contributed by atoms with Crippen molar-refractivity contribution in [1.82, 2.24) is 14.8 Å². The highest BCUT2D eigenvalue weighted by atomic mass is 16.5. The van der Waals surface area contributed by atoms with E-state index in [1.54, 1.807) is 11.8 Å². The summed E-state index contributed by atoms with van der Waals surface area (Å²) >= 11 is 0. The molecule has 1 aliphatic heterocycles. The van der Waals surface area contributed by atoms with Gasteiger partial charge < -0.3 is 20.5 Å². The number of carbonyl (C=O) groups excluding carboxylic acids is 1. The average molecular weight is 405 g/mol. The zero-order chi connectivity index (χ0) is 21.3. The van der Waals surface area contributed by atoms with Crippen LogP contribution in [0.1, 0.15) is 25.5 Å². The minimum Gasteiger partial charge on any atom is -0.496 e. The molecule has 1 atom stereocenters. The highest BCUT2D eigenvalue weighted by Crippen LogP contribution is 2.37. The minimum absolute atomic E-state index is 0.433. The van der Waals surface area contributed by atoms with E-state index in [0.717, 1.165) is 16.9 Å². The molecule has 2 heterocycles. The van der Waals surface area contributed by atoms with Crippen LogP contribution >= 0.6 is 0 Å². The molecule has 0 fully saturated rings. The number of methoxy groups -OCH3 is 1. The lowest BCUT2D eigenvalue weighted by Gasteiger charge is -2.27. The quantitative estimate of drug-likeness (QED) is 0.653. The van der Waals surface area contributed by atoms with E-state index in [2.05, 4.69) is 10.3 Å². The SMILES string of the molecule is CCOc1ccc(C2C(C(N)=O)=C(C)Nc3nc(-c4ccccc4OC)nn32)cc1. The second kappa shape index (κ2) is 7.90. The molecule has 4 rings (SSSR count). The molecule has 3 N–H and O–H groups in total. The van der Waals surface area contributed by atoms with E-state index in [4.69, 9.17) is 20.3 Å². The Morgan fingerprint density at radius 3 is 2.60 bits per heavy atom. The van der Waals surface area contributed by atoms with E-state index in [1.165, 1.54) is 0 Å². The maximum absolute atomic E-state index is 12.3. The Kier molecular flexibility index (Phi) is 5.14. The van der Waals surface area contributed by atoms with Crippen LogP contribution in [0.3, 0.4) is 0 Å². The Balaban J connectivity index is 1.84. The number of carbonyl (C=O) groups is 1. The van der Waals surface area contributed by atoms with Gasteiger partial charge in [-0.3, -0.25) is 4.79 Å². The monoisotopic (exact) mass is 405 g/mol. The third-order valence-corrected chi connectivity index (χ3v) is 4.97. The number of nitrogens with two attached hydrogens (primary N) is 1. The molecule has 0 bridgehead atoms. The van der Waals surface area contributed by atoms with Gasteiger partial charge >= 0.3 is 0 Å². The van der Waals surface area contributed by atoms with Crippen molar-refractivity contribution in [3.63, 3.8) is 0 Å². The summed E-state index contributed by atoms with van der Waals surface area (Å²) in [5, 5.41) is 7.86. The number of para-hydroxylation sites is 1. The van der Waals surface area contributed by atoms with Crippen LogP contribution in [0.25, 0.3) is 11.4 Å². The molecule has 2 aromatic carbocycles. The number of rotatable bonds is 6. The van der Waals surface area contributed by atoms with Crippen molar-refractivity contribution in [1.29, 1.82) is 0 Å². The largest absolute Gasteiger partial charge is 0.496 e. The number of aromatic nitrogens is 3. The molecule has 0 aliphatic carbocycles. The molecule has 0 radical (unpaired) electrons. The van der Waals surface area contributed by atoms with Gasteiger partial charge in [0, 0.05) is 5.70 Å². The minimum atomic E-state index is -0.515. The van der Waals surface area contributed by atoms with E-state index in [-0.39, 0.29) is 0 Å². The van der Waals surface area contributed by atoms with Gasteiger partial charge in [-0.15, -0.1) is 5.10 Å². The summed E-state index contributed by atoms with van der Waals surface area (Å²) in [4.78, 5) is 17.0. The predicted octanol–water partition coefficient (Wildman–Crippen LogP) is 3.13. The summed E-state index contributed by atoms with van der Waals surface area (Å²) in [6.07, 6.45) is 0. The van der Waals surface area contributed by atoms with Crippen molar-refractivity contribution < 1.29 is 14.3 Å². The number of allylic oxidation sites excluding steroid dienone is 1. The molecule has 154 valence electrons. The van der Waals surface area contributed by atoms with Crippen LogP contribution in [0.2, 0.25) is 0 Å². The summed E-state index contributed by atoms with van der Waals surface area (Å²) < 4.78 is 12.7. The maximum atomic E-state index is 12.3. The Labute approximate surface area is 174 Å². The molecule has 0 saturated heterocycles. The first-order chi connectivity index (χ1) is 14.5. The fourth-order valence-electron chi connectivity index (χ4n) is 3.63. The van der Waals surface area contributed by atoms with Crippen molar-refractivity contribution in [2.24, 2.45) is 5.73 Å². The van der Waals surface area contributed by atoms with Gasteiger partial charge in [0.2, 0.25) is 11.9 Å². The van der Waals surface area contributed by atoms with Gasteiger partial charge in [0.25, 0.3) is 0 Å². The predicted molar refractivity (Wildman–Crippen MR) is 113 cm³/mol. The van der Waals surface area contributed by atoms with Crippen LogP contribution in [0.5, 0.6) is 11.5 Å². The molecule has 8 heteroatoms. The highest BCUT2D eigenvalue weighted by Gasteiger charge is 2.33. The first-order valence-electron chi connectivity index (χ1n) is 9.63. The number of anilines is 1. The number of primary amides is 1. The lowest BCUT2D eigenvalue weighted by molar-refractivity contribution is -0.115. The third-order valence-electron chi connectivity index (χ3n) is 4.97. The van der Waals surface area contributed by atoms with Crippen molar-refractivity contribution in [2.75, 3.05) is 19.0 Å². The van der Waals surface area contributed by atoms with Crippen LogP contribution in [0.15, 0.2) is 59.8 Å². The summed E-state index contributed by atoms with van der Waals surface area (Å²) in [7, 11) is 1.60. The van der Waals surface area contributed by atoms with E-state index in [0.29, 0.717) is 35.4 Å². The van der Waals surface area contributed by atoms with Gasteiger partial charge in [-0.05, 0) is 43.7 Å². The van der Waals surface area contributed by atoms with Gasteiger partial charge in [0.05, 0.1) is 24.9 Å². The second-order valence-electron chi connectivity index (χ2n) is 6.84. The molecule has 8 nitrogen and oxygen atoms in total. The number of nitrogens with one attached hydrogen (secondary N) is 1. The fourth-order valence-corrected chi connectivity index (χ4v) is 3.63. The van der Waals surface area contributed by atoms with Crippen LogP contribution < -0.4 is 20.5 Å². The van der Waals surface area contributed by atoms with E-state index in [9.17, 15) is 4.79 Å². The number of nitrogens with zero attached hydrogens (tertiary/aromatic N) is 3. The molecule has 1 aliphatic rings. The first-order valence-corrected chi connectivity index (χ1v) is 9.63. The van der Waals surface area contributed by atoms with Crippen LogP contribution in [0, 0.1) is 0 Å². The summed E-state index contributed by atoms with van der Waals surface area (Å²) in [6, 6.07) is 14.6. The van der Waals surface area contributed by atoms with Crippen molar-refractivity contribution in [3.8, 4) is 22.9 Å². The third kappa shape index (κ3) is 3.36. The Morgan fingerprint density at radius 1 is 1.20 bits per heavy atom. The zero-order valence-corrected chi connectivity index (χ0v) is 17.0. The van der Waals surface area contributed by atoms with Crippen LogP contribution in [-0.2, 0) is 4.79 Å². The number of ether oxygens (including phenoxy) is 2. The number of hydrogen-bond donors (Lipinski definition) is 2. The number of amides is 1. The van der Waals surface area contributed by atoms with Crippen LogP contribution in [-0.4, -0.2) is 34.4 Å². The lowest BCUT2D eigenvalue weighted by atomic mass is 9.95. The first kappa shape index (κ1) is 19.5. The van der Waals surface area contributed by atoms with Gasteiger partial charge in [-0.25, -0.2) is 4.68 Å². The topological polar surface area (TPSA) is 104 Å². The average Bonchev–Trinajstić information content (AvgIpc) is 3.16. The molecule has 3 aromatic rings. The molecular weight excluding hydrogens is 382 g/mol. The summed E-state index contributed by atoms with van der Waals surface area (Å²) in [6.45, 7) is 4.31. The lowest BCUT2D eigenvalue weighted by Crippen LogP contribution is -2.31. The summed E-state index contributed by atoms with van der Waals surface area (Å²) in [5.74, 6) is 1.92. The normalized spacial score (nSPS) is 15.4. The van der Waals surface area contributed by atoms with Crippen molar-refractivity contribution >= 4 is 11.9 Å². The van der Waals surface area contributed by atoms with Crippen molar-refractivity contribution in [3.05, 3.63) is 65.4 Å². The van der Waals surface area contributed by atoms with Gasteiger partial charge in [-0.1, -0.05) is 24.3 Å². The number of benzene rings is 2. The standard InChI is InChI=1S/C22H23N5O3/c1-4-30-15-11-9-14(10-12-15)19-18(20(23)28)13(2)24-22-25-21(26-27(19)22)16-7-5-6-8-17(16)29-3/h5-12,19H,4H2,1-3H3,(H2,23,28)(H,24,25,26). The van der Waals surface area contributed by atoms with Crippen molar-refractivity contribution in [2.45, 2.75) is 19.9 Å². The molecule has 30 heavy (non-hydrogen) atoms. The molecule has 0 spiro atoms. The highest BCUT2D eigenvalue weighted by molar-refractivity contribution is 5.95. The molecule has 1 aromatic heterocycles. The van der Waals surface area contributed by atoms with Gasteiger partial charge in [-0.2, -0.15) is 4.98 Å². The maximum Gasteiger partial charge on any atom is 0.248 e. The van der Waals surface area contributed by atoms with Gasteiger partial charge in [0.1, 0.15) is 17.5 Å².